The zero-order valence-electron chi connectivity index (χ0n) is 11.4. The number of hydrogen-bond acceptors (Lipinski definition) is 5. The van der Waals surface area contributed by atoms with E-state index >= 15 is 0 Å². The lowest BCUT2D eigenvalue weighted by atomic mass is 10.4. The zero-order chi connectivity index (χ0) is 14.4. The Bertz CT molecular complexity index is 357. The minimum absolute atomic E-state index is 0.631. The number of morpholine rings is 2. The van der Waals surface area contributed by atoms with Crippen LogP contribution in [0.1, 0.15) is 0 Å². The van der Waals surface area contributed by atoms with Crippen LogP contribution < -0.4 is 0 Å². The Morgan fingerprint density at radius 1 is 1.10 bits per heavy atom. The average molecular weight is 419 g/mol. The van der Waals surface area contributed by atoms with Gasteiger partial charge >= 0.3 is 7.75 Å². The molecule has 2 aliphatic heterocycles. The molecule has 0 aromatic heterocycles. The smallest absolute Gasteiger partial charge is 0.378 e. The lowest BCUT2D eigenvalue weighted by Crippen LogP contribution is -2.52. The van der Waals surface area contributed by atoms with Gasteiger partial charge in [0.05, 0.1) is 26.4 Å². The van der Waals surface area contributed by atoms with E-state index in [1.54, 1.807) is 23.0 Å². The van der Waals surface area contributed by atoms with Gasteiger partial charge in [0.1, 0.15) is 23.0 Å². The van der Waals surface area contributed by atoms with Crippen LogP contribution in [-0.2, 0) is 21.4 Å². The van der Waals surface area contributed by atoms with Gasteiger partial charge in [0.25, 0.3) is 0 Å². The summed E-state index contributed by atoms with van der Waals surface area (Å²) >= 11 is 1.56. The van der Waals surface area contributed by atoms with Crippen LogP contribution in [0.15, 0.2) is 4.76 Å². The van der Waals surface area contributed by atoms with Gasteiger partial charge in [0, 0.05) is 33.3 Å². The minimum atomic E-state index is -3.46. The van der Waals surface area contributed by atoms with Gasteiger partial charge in [-0.25, -0.2) is 7.42 Å². The van der Waals surface area contributed by atoms with E-state index in [-0.39, 0.29) is 0 Å². The van der Waals surface area contributed by atoms with Crippen molar-refractivity contribution >= 4 is 36.7 Å². The average Bonchev–Trinajstić information content (AvgIpc) is 2.54. The minimum Gasteiger partial charge on any atom is -0.378 e. The maximum atomic E-state index is 12.3. The number of ether oxygens (including phenoxy) is 2. The quantitative estimate of drug-likeness (QED) is 0.294. The van der Waals surface area contributed by atoms with Crippen molar-refractivity contribution in [2.75, 3.05) is 59.7 Å². The summed E-state index contributed by atoms with van der Waals surface area (Å²) in [4.78, 5) is 4.10. The molecule has 2 heterocycles. The Hall–Kier alpha value is 0.0700. The third kappa shape index (κ3) is 4.28. The third-order valence-electron chi connectivity index (χ3n) is 3.12. The van der Waals surface area contributed by atoms with Crippen molar-refractivity contribution in [2.45, 2.75) is 0 Å². The normalized spacial score (nSPS) is 23.3. The standard InChI is InChI=1S/C10H19IN3O5P/c1-16-20(15,19-11)12-10(13-2-6-17-7-3-13)14-4-8-18-9-5-14/h2-9H2,1H3. The fourth-order valence-electron chi connectivity index (χ4n) is 2.05. The summed E-state index contributed by atoms with van der Waals surface area (Å²) in [6, 6.07) is 0. The Morgan fingerprint density at radius 2 is 1.55 bits per heavy atom. The van der Waals surface area contributed by atoms with Gasteiger partial charge in [-0.1, -0.05) is 0 Å². The summed E-state index contributed by atoms with van der Waals surface area (Å²) in [5.74, 6) is 0.637. The molecule has 2 saturated heterocycles. The fraction of sp³-hybridized carbons (Fsp3) is 0.900. The van der Waals surface area contributed by atoms with Gasteiger partial charge in [0.2, 0.25) is 5.96 Å². The van der Waals surface area contributed by atoms with Crippen LogP contribution in [0, 0.1) is 0 Å². The molecule has 10 heteroatoms. The molecule has 0 N–H and O–H groups in total. The Morgan fingerprint density at radius 3 is 1.90 bits per heavy atom. The summed E-state index contributed by atoms with van der Waals surface area (Å²) in [5, 5.41) is 0. The SMILES string of the molecule is COP(=O)(N=C(N1CCOCC1)N1CCOCC1)OI. The van der Waals surface area contributed by atoms with Crippen molar-refractivity contribution in [2.24, 2.45) is 4.76 Å². The monoisotopic (exact) mass is 419 g/mol. The molecule has 2 aliphatic rings. The summed E-state index contributed by atoms with van der Waals surface area (Å²) in [7, 11) is -2.13. The van der Waals surface area contributed by atoms with E-state index in [1.807, 2.05) is 0 Å². The maximum Gasteiger partial charge on any atom is 0.466 e. The molecule has 0 aliphatic carbocycles. The predicted molar refractivity (Wildman–Crippen MR) is 81.9 cm³/mol. The van der Waals surface area contributed by atoms with Gasteiger partial charge in [-0.05, 0) is 0 Å². The second-order valence-electron chi connectivity index (χ2n) is 4.32. The fourth-order valence-corrected chi connectivity index (χ4v) is 3.43. The molecule has 1 atom stereocenters. The van der Waals surface area contributed by atoms with Crippen LogP contribution in [0.2, 0.25) is 0 Å². The molecule has 20 heavy (non-hydrogen) atoms. The van der Waals surface area contributed by atoms with Crippen molar-refractivity contribution in [3.8, 4) is 0 Å². The van der Waals surface area contributed by atoms with Crippen LogP contribution in [0.5, 0.6) is 0 Å². The van der Waals surface area contributed by atoms with Gasteiger partial charge in [-0.15, -0.1) is 4.76 Å². The van der Waals surface area contributed by atoms with E-state index in [0.717, 1.165) is 0 Å². The Labute approximate surface area is 132 Å². The van der Waals surface area contributed by atoms with Crippen LogP contribution in [0.25, 0.3) is 0 Å². The molecular weight excluding hydrogens is 400 g/mol. The van der Waals surface area contributed by atoms with Crippen LogP contribution in [0.3, 0.4) is 0 Å². The highest BCUT2D eigenvalue weighted by Gasteiger charge is 2.29. The van der Waals surface area contributed by atoms with Crippen LogP contribution >= 0.6 is 30.8 Å². The molecular formula is C10H19IN3O5P. The molecule has 0 radical (unpaired) electrons. The number of halogens is 1. The predicted octanol–water partition coefficient (Wildman–Crippen LogP) is 1.13. The van der Waals surface area contributed by atoms with Crippen molar-refractivity contribution in [3.05, 3.63) is 0 Å². The first-order valence-electron chi connectivity index (χ1n) is 6.40. The third-order valence-corrected chi connectivity index (χ3v) is 5.67. The first-order chi connectivity index (χ1) is 9.68. The molecule has 0 spiro atoms. The topological polar surface area (TPSA) is 72.8 Å². The van der Waals surface area contributed by atoms with Crippen molar-refractivity contribution in [3.63, 3.8) is 0 Å². The first-order valence-corrected chi connectivity index (χ1v) is 8.78. The molecule has 0 saturated carbocycles. The van der Waals surface area contributed by atoms with Crippen LogP contribution in [-0.4, -0.2) is 75.5 Å². The lowest BCUT2D eigenvalue weighted by Gasteiger charge is -2.38. The van der Waals surface area contributed by atoms with E-state index in [2.05, 4.69) is 14.6 Å². The summed E-state index contributed by atoms with van der Waals surface area (Å²) in [5.41, 5.74) is 0. The van der Waals surface area contributed by atoms with Crippen molar-refractivity contribution in [1.29, 1.82) is 0 Å². The van der Waals surface area contributed by atoms with E-state index in [0.29, 0.717) is 58.6 Å². The van der Waals surface area contributed by atoms with E-state index in [1.165, 1.54) is 7.11 Å². The second kappa shape index (κ2) is 7.90. The maximum absolute atomic E-state index is 12.3. The number of guanidine groups is 1. The van der Waals surface area contributed by atoms with Gasteiger partial charge < -0.3 is 19.3 Å². The molecule has 2 rings (SSSR count). The highest BCUT2D eigenvalue weighted by Crippen LogP contribution is 2.51. The molecule has 0 amide bonds. The zero-order valence-corrected chi connectivity index (χ0v) is 14.4. The number of nitrogens with zero attached hydrogens (tertiary/aromatic N) is 3. The molecule has 8 nitrogen and oxygen atoms in total. The van der Waals surface area contributed by atoms with E-state index in [4.69, 9.17) is 16.9 Å². The Kier molecular flexibility index (Phi) is 6.50. The van der Waals surface area contributed by atoms with E-state index in [9.17, 15) is 4.57 Å². The van der Waals surface area contributed by atoms with Crippen molar-refractivity contribution < 1.29 is 21.4 Å². The van der Waals surface area contributed by atoms with Gasteiger partial charge in [0.15, 0.2) is 0 Å². The highest BCUT2D eigenvalue weighted by molar-refractivity contribution is 14.1. The van der Waals surface area contributed by atoms with E-state index < -0.39 is 7.75 Å². The summed E-state index contributed by atoms with van der Waals surface area (Å²) < 4.78 is 37.1. The number of hydrogen-bond donors (Lipinski definition) is 0. The summed E-state index contributed by atoms with van der Waals surface area (Å²) in [6.07, 6.45) is 0. The molecule has 0 aromatic rings. The highest BCUT2D eigenvalue weighted by atomic mass is 127. The van der Waals surface area contributed by atoms with Crippen molar-refractivity contribution in [1.82, 2.24) is 9.80 Å². The lowest BCUT2D eigenvalue weighted by molar-refractivity contribution is 0.0422. The van der Waals surface area contributed by atoms with Gasteiger partial charge in [-0.3, -0.25) is 4.52 Å². The largest absolute Gasteiger partial charge is 0.466 e. The molecule has 1 unspecified atom stereocenters. The summed E-state index contributed by atoms with van der Waals surface area (Å²) in [6.45, 7) is 5.36. The molecule has 0 aromatic carbocycles. The Balaban J connectivity index is 2.22. The first kappa shape index (κ1) is 16.4. The molecule has 0 bridgehead atoms. The second-order valence-corrected chi connectivity index (χ2v) is 7.14. The van der Waals surface area contributed by atoms with Crippen LogP contribution in [0.4, 0.5) is 0 Å². The molecule has 2 fully saturated rings. The number of rotatable bonds is 3. The molecule has 116 valence electrons. The van der Waals surface area contributed by atoms with Gasteiger partial charge in [-0.2, -0.15) is 0 Å².